The SMILES string of the molecule is CCn1nc(C(=O)NCC2(O)CCC(S(C)(=O)=O)CC2)c(Cl)c1-c1ccc(C[C@@H](C)C(F)(F)F)cc1OC(F)F. The molecule has 224 valence electrons. The predicted octanol–water partition coefficient (Wildman–Crippen LogP) is 5.01. The van der Waals surface area contributed by atoms with Crippen molar-refractivity contribution < 1.29 is 45.0 Å². The van der Waals surface area contributed by atoms with Gasteiger partial charge in [0, 0.05) is 24.9 Å². The number of carbonyl (C=O) groups excluding carboxylic acids is 1. The topological polar surface area (TPSA) is 111 Å². The lowest BCUT2D eigenvalue weighted by atomic mass is 9.84. The molecule has 1 aromatic heterocycles. The maximum atomic E-state index is 13.2. The Morgan fingerprint density at radius 3 is 2.45 bits per heavy atom. The Morgan fingerprint density at radius 2 is 1.93 bits per heavy atom. The Labute approximate surface area is 233 Å². The zero-order valence-electron chi connectivity index (χ0n) is 22.1. The standard InChI is InChI=1S/C25H31ClF5N3O5S/c1-4-34-21(17-6-5-15(11-14(2)25(29,30)31)12-18(17)39-23(27)28)19(26)20(33-34)22(35)32-13-24(36)9-7-16(8-10-24)40(3,37)38/h5-6,12,14,16,23,36H,4,7-11,13H2,1-3H3,(H,32,35)/t14-,16?,24?/m1/s1. The van der Waals surface area contributed by atoms with Crippen LogP contribution in [0.3, 0.4) is 0 Å². The van der Waals surface area contributed by atoms with E-state index in [2.05, 4.69) is 15.2 Å². The predicted molar refractivity (Wildman–Crippen MR) is 138 cm³/mol. The van der Waals surface area contributed by atoms with Gasteiger partial charge in [-0.15, -0.1) is 0 Å². The number of rotatable bonds is 10. The third kappa shape index (κ3) is 7.64. The Kier molecular flexibility index (Phi) is 9.78. The summed E-state index contributed by atoms with van der Waals surface area (Å²) < 4.78 is 95.0. The number of aliphatic hydroxyl groups is 1. The summed E-state index contributed by atoms with van der Waals surface area (Å²) in [7, 11) is -3.25. The number of aryl methyl sites for hydroxylation is 1. The van der Waals surface area contributed by atoms with Gasteiger partial charge in [0.15, 0.2) is 5.69 Å². The van der Waals surface area contributed by atoms with Crippen LogP contribution in [0.2, 0.25) is 5.02 Å². The highest BCUT2D eigenvalue weighted by Crippen LogP contribution is 2.39. The molecule has 1 fully saturated rings. The van der Waals surface area contributed by atoms with Gasteiger partial charge in [-0.3, -0.25) is 9.48 Å². The molecule has 3 rings (SSSR count). The average molecular weight is 616 g/mol. The molecule has 15 heteroatoms. The lowest BCUT2D eigenvalue weighted by Gasteiger charge is -2.35. The van der Waals surface area contributed by atoms with Crippen LogP contribution in [-0.2, 0) is 22.8 Å². The van der Waals surface area contributed by atoms with Crippen molar-refractivity contribution in [3.8, 4) is 17.0 Å². The first-order valence-electron chi connectivity index (χ1n) is 12.6. The molecule has 40 heavy (non-hydrogen) atoms. The van der Waals surface area contributed by atoms with Crippen molar-refractivity contribution in [1.29, 1.82) is 0 Å². The minimum Gasteiger partial charge on any atom is -0.434 e. The second-order valence-electron chi connectivity index (χ2n) is 10.1. The number of hydrogen-bond acceptors (Lipinski definition) is 6. The fraction of sp³-hybridized carbons (Fsp3) is 0.600. The van der Waals surface area contributed by atoms with Crippen LogP contribution in [0, 0.1) is 5.92 Å². The molecular weight excluding hydrogens is 585 g/mol. The first kappa shape index (κ1) is 32.1. The van der Waals surface area contributed by atoms with Crippen LogP contribution < -0.4 is 10.1 Å². The minimum absolute atomic E-state index is 0.000150. The average Bonchev–Trinajstić information content (AvgIpc) is 3.17. The van der Waals surface area contributed by atoms with Gasteiger partial charge in [-0.2, -0.15) is 27.1 Å². The molecule has 2 N–H and O–H groups in total. The van der Waals surface area contributed by atoms with E-state index in [1.54, 1.807) is 6.92 Å². The number of benzene rings is 1. The van der Waals surface area contributed by atoms with E-state index in [0.29, 0.717) is 0 Å². The van der Waals surface area contributed by atoms with Crippen LogP contribution in [-0.4, -0.2) is 65.7 Å². The fourth-order valence-corrected chi connectivity index (χ4v) is 6.10. The summed E-state index contributed by atoms with van der Waals surface area (Å²) in [6.45, 7) is -0.695. The zero-order chi connectivity index (χ0) is 30.0. The summed E-state index contributed by atoms with van der Waals surface area (Å²) in [6.07, 6.45) is -3.01. The van der Waals surface area contributed by atoms with Gasteiger partial charge in [0.2, 0.25) is 0 Å². The molecule has 0 spiro atoms. The van der Waals surface area contributed by atoms with Crippen molar-refractivity contribution in [3.63, 3.8) is 0 Å². The van der Waals surface area contributed by atoms with Gasteiger partial charge < -0.3 is 15.2 Å². The molecule has 0 saturated heterocycles. The maximum Gasteiger partial charge on any atom is 0.391 e. The number of hydrogen-bond donors (Lipinski definition) is 2. The molecule has 0 unspecified atom stereocenters. The van der Waals surface area contributed by atoms with Crippen molar-refractivity contribution in [2.45, 2.75) is 76.1 Å². The molecule has 1 aliphatic carbocycles. The zero-order valence-corrected chi connectivity index (χ0v) is 23.6. The number of aromatic nitrogens is 2. The lowest BCUT2D eigenvalue weighted by molar-refractivity contribution is -0.169. The summed E-state index contributed by atoms with van der Waals surface area (Å²) in [6, 6.07) is 3.70. The number of amides is 1. The van der Waals surface area contributed by atoms with Crippen LogP contribution in [0.4, 0.5) is 22.0 Å². The second-order valence-corrected chi connectivity index (χ2v) is 12.8. The highest BCUT2D eigenvalue weighted by Gasteiger charge is 2.38. The van der Waals surface area contributed by atoms with Crippen molar-refractivity contribution in [2.24, 2.45) is 5.92 Å². The van der Waals surface area contributed by atoms with E-state index < -0.39 is 57.5 Å². The molecule has 1 heterocycles. The van der Waals surface area contributed by atoms with Crippen molar-refractivity contribution >= 4 is 27.3 Å². The molecule has 0 bridgehead atoms. The first-order chi connectivity index (χ1) is 18.4. The van der Waals surface area contributed by atoms with Crippen molar-refractivity contribution in [1.82, 2.24) is 15.1 Å². The first-order valence-corrected chi connectivity index (χ1v) is 14.9. The third-order valence-electron chi connectivity index (χ3n) is 7.07. The van der Waals surface area contributed by atoms with Gasteiger partial charge in [-0.25, -0.2) is 8.42 Å². The minimum atomic E-state index is -4.48. The highest BCUT2D eigenvalue weighted by molar-refractivity contribution is 7.91. The van der Waals surface area contributed by atoms with Crippen molar-refractivity contribution in [2.75, 3.05) is 12.8 Å². The molecule has 0 radical (unpaired) electrons. The highest BCUT2D eigenvalue weighted by atomic mass is 35.5. The fourth-order valence-electron chi connectivity index (χ4n) is 4.69. The number of alkyl halides is 5. The van der Waals surface area contributed by atoms with Crippen molar-refractivity contribution in [3.05, 3.63) is 34.5 Å². The number of nitrogens with zero attached hydrogens (tertiary/aromatic N) is 2. The smallest absolute Gasteiger partial charge is 0.391 e. The van der Waals surface area contributed by atoms with E-state index in [4.69, 9.17) is 11.6 Å². The third-order valence-corrected chi connectivity index (χ3v) is 9.11. The van der Waals surface area contributed by atoms with Crippen LogP contribution in [0.5, 0.6) is 5.75 Å². The largest absolute Gasteiger partial charge is 0.434 e. The van der Waals surface area contributed by atoms with Crippen LogP contribution in [0.25, 0.3) is 11.3 Å². The molecular formula is C25H31ClF5N3O5S. The summed E-state index contributed by atoms with van der Waals surface area (Å²) >= 11 is 6.49. The summed E-state index contributed by atoms with van der Waals surface area (Å²) in [4.78, 5) is 13.0. The monoisotopic (exact) mass is 615 g/mol. The van der Waals surface area contributed by atoms with Gasteiger partial charge in [-0.05, 0) is 56.7 Å². The van der Waals surface area contributed by atoms with Crippen LogP contribution >= 0.6 is 11.6 Å². The van der Waals surface area contributed by atoms with E-state index in [0.717, 1.165) is 19.2 Å². The Balaban J connectivity index is 1.86. The molecule has 8 nitrogen and oxygen atoms in total. The normalized spacial score (nSPS) is 20.9. The number of halogens is 6. The van der Waals surface area contributed by atoms with Gasteiger partial charge in [0.25, 0.3) is 5.91 Å². The number of nitrogens with one attached hydrogen (secondary N) is 1. The molecule has 2 aromatic rings. The van der Waals surface area contributed by atoms with Gasteiger partial charge >= 0.3 is 12.8 Å². The molecule has 1 aliphatic rings. The maximum absolute atomic E-state index is 13.2. The quantitative estimate of drug-likeness (QED) is 0.364. The summed E-state index contributed by atoms with van der Waals surface area (Å²) in [5, 5.41) is 16.8. The molecule has 0 aliphatic heterocycles. The Morgan fingerprint density at radius 1 is 1.30 bits per heavy atom. The molecule has 1 aromatic carbocycles. The Bertz CT molecular complexity index is 1320. The van der Waals surface area contributed by atoms with E-state index in [9.17, 15) is 40.3 Å². The van der Waals surface area contributed by atoms with Crippen LogP contribution in [0.1, 0.15) is 55.6 Å². The number of carbonyl (C=O) groups is 1. The van der Waals surface area contributed by atoms with E-state index >= 15 is 0 Å². The van der Waals surface area contributed by atoms with E-state index in [-0.39, 0.29) is 66.3 Å². The van der Waals surface area contributed by atoms with Gasteiger partial charge in [0.05, 0.1) is 27.5 Å². The second kappa shape index (κ2) is 12.2. The van der Waals surface area contributed by atoms with E-state index in [1.165, 1.54) is 16.8 Å². The molecule has 1 saturated carbocycles. The lowest BCUT2D eigenvalue weighted by Crippen LogP contribution is -2.47. The summed E-state index contributed by atoms with van der Waals surface area (Å²) in [5.41, 5.74) is -1.43. The van der Waals surface area contributed by atoms with E-state index in [1.807, 2.05) is 0 Å². The number of sulfone groups is 1. The number of ether oxygens (including phenoxy) is 1. The molecule has 1 atom stereocenters. The summed E-state index contributed by atoms with van der Waals surface area (Å²) in [5.74, 6) is -2.92. The molecule has 1 amide bonds. The van der Waals surface area contributed by atoms with Gasteiger partial charge in [-0.1, -0.05) is 24.6 Å². The van der Waals surface area contributed by atoms with Gasteiger partial charge in [0.1, 0.15) is 15.6 Å². The van der Waals surface area contributed by atoms with Crippen LogP contribution in [0.15, 0.2) is 18.2 Å². The Hall–Kier alpha value is -2.45.